The average molecular weight is 433 g/mol. The van der Waals surface area contributed by atoms with Crippen molar-refractivity contribution in [3.05, 3.63) is 47.0 Å². The Balaban J connectivity index is 1.68. The van der Waals surface area contributed by atoms with Gasteiger partial charge in [-0.2, -0.15) is 0 Å². The Morgan fingerprint density at radius 2 is 1.87 bits per heavy atom. The van der Waals surface area contributed by atoms with Gasteiger partial charge in [-0.15, -0.1) is 0 Å². The number of nitrogens with zero attached hydrogens (tertiary/aromatic N) is 2. The van der Waals surface area contributed by atoms with Gasteiger partial charge in [0.2, 0.25) is 0 Å². The average Bonchev–Trinajstić information content (AvgIpc) is 2.74. The number of halogens is 1. The van der Waals surface area contributed by atoms with Gasteiger partial charge in [0.15, 0.2) is 11.5 Å². The highest BCUT2D eigenvalue weighted by atomic mass is 35.5. The first-order valence-electron chi connectivity index (χ1n) is 10.2. The van der Waals surface area contributed by atoms with Crippen LogP contribution in [0.2, 0.25) is 5.02 Å². The van der Waals surface area contributed by atoms with Gasteiger partial charge in [0, 0.05) is 31.7 Å². The van der Waals surface area contributed by atoms with E-state index in [1.54, 1.807) is 36.3 Å². The molecule has 0 aromatic heterocycles. The van der Waals surface area contributed by atoms with Crippen LogP contribution in [0.15, 0.2) is 36.4 Å². The van der Waals surface area contributed by atoms with Gasteiger partial charge in [-0.25, -0.2) is 0 Å². The van der Waals surface area contributed by atoms with Gasteiger partial charge >= 0.3 is 0 Å². The van der Waals surface area contributed by atoms with Crippen molar-refractivity contribution in [2.75, 3.05) is 44.8 Å². The number of benzene rings is 2. The second-order valence-electron chi connectivity index (χ2n) is 7.79. The van der Waals surface area contributed by atoms with E-state index >= 15 is 0 Å². The zero-order valence-corrected chi connectivity index (χ0v) is 18.5. The highest BCUT2D eigenvalue weighted by molar-refractivity contribution is 6.32. The molecule has 3 rings (SSSR count). The molecule has 0 atom stereocenters. The van der Waals surface area contributed by atoms with Crippen molar-refractivity contribution < 1.29 is 19.4 Å². The topological polar surface area (TPSA) is 62.2 Å². The van der Waals surface area contributed by atoms with Crippen molar-refractivity contribution in [1.29, 1.82) is 0 Å². The van der Waals surface area contributed by atoms with E-state index in [2.05, 4.69) is 18.7 Å². The van der Waals surface area contributed by atoms with Crippen LogP contribution in [0.1, 0.15) is 30.6 Å². The Labute approximate surface area is 183 Å². The van der Waals surface area contributed by atoms with Gasteiger partial charge in [0.25, 0.3) is 5.91 Å². The molecule has 1 N–H and O–H groups in total. The number of methoxy groups -OCH3 is 1. The summed E-state index contributed by atoms with van der Waals surface area (Å²) in [5.41, 5.74) is 1.27. The van der Waals surface area contributed by atoms with Crippen LogP contribution >= 0.6 is 11.6 Å². The number of anilines is 1. The number of amides is 1. The lowest BCUT2D eigenvalue weighted by molar-refractivity contribution is 0.0746. The second-order valence-corrected chi connectivity index (χ2v) is 8.20. The molecule has 0 unspecified atom stereocenters. The van der Waals surface area contributed by atoms with Crippen molar-refractivity contribution in [2.45, 2.75) is 20.3 Å². The smallest absolute Gasteiger partial charge is 0.254 e. The summed E-state index contributed by atoms with van der Waals surface area (Å²) in [6, 6.07) is 10.6. The molecular weight excluding hydrogens is 404 g/mol. The first kappa shape index (κ1) is 22.1. The van der Waals surface area contributed by atoms with Gasteiger partial charge in [0.1, 0.15) is 5.75 Å². The molecule has 0 saturated carbocycles. The van der Waals surface area contributed by atoms with Crippen LogP contribution in [0.5, 0.6) is 17.2 Å². The van der Waals surface area contributed by atoms with Crippen LogP contribution in [-0.2, 0) is 0 Å². The van der Waals surface area contributed by atoms with Crippen LogP contribution in [0.3, 0.4) is 0 Å². The second kappa shape index (κ2) is 9.94. The largest absolute Gasteiger partial charge is 0.506 e. The van der Waals surface area contributed by atoms with E-state index in [0.29, 0.717) is 60.8 Å². The Morgan fingerprint density at radius 1 is 1.17 bits per heavy atom. The van der Waals surface area contributed by atoms with E-state index in [4.69, 9.17) is 21.1 Å². The van der Waals surface area contributed by atoms with E-state index in [1.165, 1.54) is 0 Å². The maximum atomic E-state index is 13.0. The van der Waals surface area contributed by atoms with E-state index in [-0.39, 0.29) is 11.7 Å². The van der Waals surface area contributed by atoms with Crippen molar-refractivity contribution >= 4 is 23.2 Å². The highest BCUT2D eigenvalue weighted by Crippen LogP contribution is 2.37. The lowest BCUT2D eigenvalue weighted by atomic mass is 10.1. The molecule has 2 aromatic carbocycles. The first-order valence-corrected chi connectivity index (χ1v) is 10.6. The standard InChI is InChI=1S/C23H29ClN2O4/c1-16(2)8-13-30-22-18(24)14-17(15-21(22)29-3)23(28)26-11-9-25(10-12-26)19-6-4-5-7-20(19)27/h4-7,14-16,27H,8-13H2,1-3H3. The van der Waals surface area contributed by atoms with Crippen molar-refractivity contribution in [3.63, 3.8) is 0 Å². The summed E-state index contributed by atoms with van der Waals surface area (Å²) in [4.78, 5) is 16.9. The molecular formula is C23H29ClN2O4. The van der Waals surface area contributed by atoms with Crippen molar-refractivity contribution in [2.24, 2.45) is 5.92 Å². The molecule has 2 aromatic rings. The normalized spacial score (nSPS) is 14.2. The Bertz CT molecular complexity index is 880. The highest BCUT2D eigenvalue weighted by Gasteiger charge is 2.25. The van der Waals surface area contributed by atoms with Gasteiger partial charge in [0.05, 0.1) is 24.4 Å². The van der Waals surface area contributed by atoms with Crippen LogP contribution in [-0.4, -0.2) is 55.8 Å². The van der Waals surface area contributed by atoms with E-state index in [1.807, 2.05) is 12.1 Å². The Kier molecular flexibility index (Phi) is 7.32. The number of aromatic hydroxyl groups is 1. The fraction of sp³-hybridized carbons (Fsp3) is 0.435. The molecule has 0 radical (unpaired) electrons. The Hall–Kier alpha value is -2.60. The van der Waals surface area contributed by atoms with Crippen LogP contribution in [0.25, 0.3) is 0 Å². The molecule has 0 bridgehead atoms. The molecule has 1 heterocycles. The minimum atomic E-state index is -0.0964. The number of phenols is 1. The lowest BCUT2D eigenvalue weighted by Gasteiger charge is -2.36. The summed E-state index contributed by atoms with van der Waals surface area (Å²) in [5, 5.41) is 10.4. The van der Waals surface area contributed by atoms with E-state index < -0.39 is 0 Å². The van der Waals surface area contributed by atoms with Crippen molar-refractivity contribution in [3.8, 4) is 17.2 Å². The van der Waals surface area contributed by atoms with E-state index in [0.717, 1.165) is 12.1 Å². The predicted molar refractivity (Wildman–Crippen MR) is 119 cm³/mol. The molecule has 1 aliphatic rings. The molecule has 1 amide bonds. The molecule has 0 aliphatic carbocycles. The summed E-state index contributed by atoms with van der Waals surface area (Å²) in [6.45, 7) is 7.19. The van der Waals surface area contributed by atoms with Crippen LogP contribution in [0.4, 0.5) is 5.69 Å². The predicted octanol–water partition coefficient (Wildman–Crippen LogP) is 4.44. The number of phenolic OH excluding ortho intramolecular Hbond substituents is 1. The summed E-state index contributed by atoms with van der Waals surface area (Å²) >= 11 is 6.42. The fourth-order valence-corrected chi connectivity index (χ4v) is 3.71. The molecule has 1 saturated heterocycles. The van der Waals surface area contributed by atoms with Gasteiger partial charge in [-0.3, -0.25) is 4.79 Å². The Morgan fingerprint density at radius 3 is 2.50 bits per heavy atom. The zero-order valence-electron chi connectivity index (χ0n) is 17.7. The third-order valence-electron chi connectivity index (χ3n) is 5.21. The van der Waals surface area contributed by atoms with Gasteiger partial charge in [-0.05, 0) is 36.6 Å². The maximum Gasteiger partial charge on any atom is 0.254 e. The number of rotatable bonds is 7. The number of carbonyl (C=O) groups excluding carboxylic acids is 1. The number of piperazine rings is 1. The van der Waals surface area contributed by atoms with Crippen LogP contribution < -0.4 is 14.4 Å². The van der Waals surface area contributed by atoms with E-state index in [9.17, 15) is 9.90 Å². The molecule has 0 spiro atoms. The van der Waals surface area contributed by atoms with Crippen molar-refractivity contribution in [1.82, 2.24) is 4.90 Å². The van der Waals surface area contributed by atoms with Crippen LogP contribution in [0, 0.1) is 5.92 Å². The number of ether oxygens (including phenoxy) is 2. The number of hydrogen-bond donors (Lipinski definition) is 1. The molecule has 30 heavy (non-hydrogen) atoms. The minimum absolute atomic E-state index is 0.0964. The van der Waals surface area contributed by atoms with Gasteiger partial charge < -0.3 is 24.4 Å². The summed E-state index contributed by atoms with van der Waals surface area (Å²) in [5.74, 6) is 1.61. The number of hydrogen-bond acceptors (Lipinski definition) is 5. The first-order chi connectivity index (χ1) is 14.4. The number of para-hydroxylation sites is 2. The molecule has 162 valence electrons. The number of carbonyl (C=O) groups is 1. The quantitative estimate of drug-likeness (QED) is 0.700. The molecule has 7 heteroatoms. The zero-order chi connectivity index (χ0) is 21.7. The third kappa shape index (κ3) is 5.11. The SMILES string of the molecule is COc1cc(C(=O)N2CCN(c3ccccc3O)CC2)cc(Cl)c1OCCC(C)C. The summed E-state index contributed by atoms with van der Waals surface area (Å²) in [6.07, 6.45) is 0.904. The maximum absolute atomic E-state index is 13.0. The third-order valence-corrected chi connectivity index (χ3v) is 5.49. The minimum Gasteiger partial charge on any atom is -0.506 e. The molecule has 1 fully saturated rings. The monoisotopic (exact) mass is 432 g/mol. The molecule has 6 nitrogen and oxygen atoms in total. The molecule has 1 aliphatic heterocycles. The summed E-state index contributed by atoms with van der Waals surface area (Å²) < 4.78 is 11.2. The summed E-state index contributed by atoms with van der Waals surface area (Å²) in [7, 11) is 1.54. The lowest BCUT2D eigenvalue weighted by Crippen LogP contribution is -2.48. The van der Waals surface area contributed by atoms with Gasteiger partial charge in [-0.1, -0.05) is 37.6 Å². The fourth-order valence-electron chi connectivity index (χ4n) is 3.44.